The number of aryl methyl sites for hydroxylation is 2. The first-order valence-corrected chi connectivity index (χ1v) is 17.4. The van der Waals surface area contributed by atoms with E-state index in [0.29, 0.717) is 12.4 Å². The van der Waals surface area contributed by atoms with Gasteiger partial charge in [-0.25, -0.2) is 18.4 Å². The van der Waals surface area contributed by atoms with Crippen molar-refractivity contribution in [1.82, 2.24) is 14.5 Å². The molecule has 0 fully saturated rings. The van der Waals surface area contributed by atoms with Crippen molar-refractivity contribution in [2.45, 2.75) is 62.1 Å². The molecule has 1 aliphatic heterocycles. The maximum absolute atomic E-state index is 15.8. The number of carbonyl (C=O) groups excluding carboxylic acids is 1. The maximum Gasteiger partial charge on any atom is 0.331 e. The molecule has 4 aromatic carbocycles. The minimum atomic E-state index is -3.76. The predicted octanol–water partition coefficient (Wildman–Crippen LogP) is 6.81. The smallest absolute Gasteiger partial charge is 0.331 e. The zero-order valence-electron chi connectivity index (χ0n) is 25.6. The number of amides is 2. The first-order valence-electron chi connectivity index (χ1n) is 15.9. The van der Waals surface area contributed by atoms with Crippen LogP contribution in [0.5, 0.6) is 5.88 Å². The molecule has 2 amide bonds. The summed E-state index contributed by atoms with van der Waals surface area (Å²) < 4.78 is 31.8. The van der Waals surface area contributed by atoms with Crippen molar-refractivity contribution in [1.29, 1.82) is 0 Å². The number of urea groups is 1. The molecule has 8 nitrogen and oxygen atoms in total. The van der Waals surface area contributed by atoms with Gasteiger partial charge in [0.2, 0.25) is 5.88 Å². The Morgan fingerprint density at radius 3 is 2.04 bits per heavy atom. The molecule has 46 heavy (non-hydrogen) atoms. The van der Waals surface area contributed by atoms with Crippen LogP contribution in [0.2, 0.25) is 0 Å². The van der Waals surface area contributed by atoms with Gasteiger partial charge in [-0.15, -0.1) is 0 Å². The van der Waals surface area contributed by atoms with Crippen LogP contribution >= 0.6 is 0 Å². The molecule has 2 aliphatic carbocycles. The van der Waals surface area contributed by atoms with Crippen molar-refractivity contribution >= 4 is 21.6 Å². The van der Waals surface area contributed by atoms with Gasteiger partial charge in [-0.05, 0) is 78.0 Å². The molecule has 2 unspecified atom stereocenters. The fourth-order valence-electron chi connectivity index (χ4n) is 7.14. The van der Waals surface area contributed by atoms with Crippen LogP contribution in [0.1, 0.15) is 52.3 Å². The summed E-state index contributed by atoms with van der Waals surface area (Å²) in [7, 11) is -3.76. The lowest BCUT2D eigenvalue weighted by atomic mass is 9.78. The Morgan fingerprint density at radius 2 is 1.46 bits per heavy atom. The quantitative estimate of drug-likeness (QED) is 0.193. The van der Waals surface area contributed by atoms with Crippen molar-refractivity contribution in [2.24, 2.45) is 4.36 Å². The number of anilines is 1. The highest BCUT2D eigenvalue weighted by Crippen LogP contribution is 2.44. The van der Waals surface area contributed by atoms with Crippen LogP contribution in [0.3, 0.4) is 0 Å². The molecule has 0 saturated carbocycles. The van der Waals surface area contributed by atoms with Gasteiger partial charge in [-0.2, -0.15) is 9.46 Å². The maximum atomic E-state index is 15.8. The van der Waals surface area contributed by atoms with E-state index < -0.39 is 21.5 Å². The number of nitrogens with zero attached hydrogens (tertiary/aromatic N) is 3. The number of hydrogen-bond acceptors (Lipinski definition) is 5. The van der Waals surface area contributed by atoms with E-state index in [9.17, 15) is 4.79 Å². The molecule has 0 spiro atoms. The second-order valence-electron chi connectivity index (χ2n) is 12.3. The zero-order chi connectivity index (χ0) is 31.3. The fourth-order valence-corrected chi connectivity index (χ4v) is 8.98. The van der Waals surface area contributed by atoms with Crippen LogP contribution in [-0.4, -0.2) is 26.1 Å². The largest absolute Gasteiger partial charge is 0.472 e. The minimum Gasteiger partial charge on any atom is -0.472 e. The molecular weight excluding hydrogens is 595 g/mol. The first-order chi connectivity index (χ1) is 22.4. The Kier molecular flexibility index (Phi) is 6.94. The summed E-state index contributed by atoms with van der Waals surface area (Å²) in [6, 6.07) is 31.2. The number of carbonyl (C=O) groups is 1. The third-order valence-electron chi connectivity index (χ3n) is 9.35. The molecule has 9 heteroatoms. The van der Waals surface area contributed by atoms with Crippen molar-refractivity contribution in [2.75, 3.05) is 5.32 Å². The Labute approximate surface area is 269 Å². The lowest BCUT2D eigenvalue weighted by Crippen LogP contribution is -2.38. The van der Waals surface area contributed by atoms with Gasteiger partial charge in [-0.1, -0.05) is 97.1 Å². The number of aromatic nitrogens is 2. The standard InChI is InChI=1S/C37H35N5O3S/c1-25-24-42-35(45-25)33(23-38-42)46(44,40-36(43)39-34-31-19-11-12-26(31)22-27-20-21-32(27)34)41-37(28-13-5-2-6-14-28,29-15-7-3-8-16-29)30-17-9-4-10-18-30/h2-10,13-18,22-23,25H,11-12,19-21,24H2,1H3,(H2,39,40,41,43,44). The van der Waals surface area contributed by atoms with E-state index in [1.165, 1.54) is 28.5 Å². The lowest BCUT2D eigenvalue weighted by Gasteiger charge is -2.33. The lowest BCUT2D eigenvalue weighted by molar-refractivity contribution is 0.248. The van der Waals surface area contributed by atoms with E-state index in [1.807, 2.05) is 97.9 Å². The number of fused-ring (bicyclic) bond motifs is 3. The zero-order valence-corrected chi connectivity index (χ0v) is 26.4. The van der Waals surface area contributed by atoms with Gasteiger partial charge >= 0.3 is 6.03 Å². The van der Waals surface area contributed by atoms with Crippen LogP contribution in [-0.2, 0) is 47.7 Å². The average Bonchev–Trinajstić information content (AvgIpc) is 3.79. The third-order valence-corrected chi connectivity index (χ3v) is 11.2. The predicted molar refractivity (Wildman–Crippen MR) is 178 cm³/mol. The number of rotatable bonds is 7. The van der Waals surface area contributed by atoms with E-state index in [1.54, 1.807) is 4.68 Å². The topological polar surface area (TPSA) is 97.6 Å². The van der Waals surface area contributed by atoms with Crippen LogP contribution < -0.4 is 14.8 Å². The van der Waals surface area contributed by atoms with Crippen molar-refractivity contribution in [3.63, 3.8) is 0 Å². The van der Waals surface area contributed by atoms with Crippen LogP contribution in [0.25, 0.3) is 0 Å². The normalized spacial score (nSPS) is 17.5. The van der Waals surface area contributed by atoms with E-state index in [4.69, 9.17) is 9.10 Å². The minimum absolute atomic E-state index is 0.159. The van der Waals surface area contributed by atoms with Gasteiger partial charge in [0.15, 0.2) is 9.92 Å². The second-order valence-corrected chi connectivity index (χ2v) is 14.2. The van der Waals surface area contributed by atoms with Gasteiger partial charge in [0, 0.05) is 5.69 Å². The molecule has 5 aromatic rings. The highest BCUT2D eigenvalue weighted by atomic mass is 32.2. The molecule has 2 atom stereocenters. The Balaban J connectivity index is 1.34. The van der Waals surface area contributed by atoms with Crippen molar-refractivity contribution in [3.05, 3.63) is 142 Å². The number of hydrogen-bond donors (Lipinski definition) is 2. The molecule has 1 aromatic heterocycles. The number of nitrogens with one attached hydrogen (secondary N) is 2. The summed E-state index contributed by atoms with van der Waals surface area (Å²) >= 11 is 0. The molecule has 2 N–H and O–H groups in total. The van der Waals surface area contributed by atoms with E-state index in [2.05, 4.69) is 21.2 Å². The second kappa shape index (κ2) is 11.2. The first kappa shape index (κ1) is 28.6. The molecule has 0 saturated heterocycles. The van der Waals surface area contributed by atoms with Gasteiger partial charge < -0.3 is 10.1 Å². The SMILES string of the molecule is CC1Cn2ncc(S(=O)(=NC(c3ccccc3)(c3ccccc3)c3ccccc3)NC(=O)Nc3c4c(cc5c3CC5)CCC4)c2O1. The summed E-state index contributed by atoms with van der Waals surface area (Å²) in [6.07, 6.45) is 6.28. The highest BCUT2D eigenvalue weighted by Gasteiger charge is 2.41. The monoisotopic (exact) mass is 629 g/mol. The summed E-state index contributed by atoms with van der Waals surface area (Å²) in [5.41, 5.74) is 6.98. The van der Waals surface area contributed by atoms with Gasteiger partial charge in [0.1, 0.15) is 16.5 Å². The van der Waals surface area contributed by atoms with Crippen LogP contribution in [0.4, 0.5) is 10.5 Å². The van der Waals surface area contributed by atoms with E-state index in [-0.39, 0.29) is 11.0 Å². The highest BCUT2D eigenvalue weighted by molar-refractivity contribution is 7.92. The molecule has 2 heterocycles. The molecule has 3 aliphatic rings. The molecule has 8 rings (SSSR count). The van der Waals surface area contributed by atoms with Crippen LogP contribution in [0.15, 0.2) is 113 Å². The molecule has 0 bridgehead atoms. The average molecular weight is 630 g/mol. The number of ether oxygens (including phenoxy) is 1. The Hall–Kier alpha value is -4.89. The summed E-state index contributed by atoms with van der Waals surface area (Å²) in [4.78, 5) is 14.4. The van der Waals surface area contributed by atoms with Crippen molar-refractivity contribution in [3.8, 4) is 5.88 Å². The van der Waals surface area contributed by atoms with Crippen LogP contribution in [0, 0.1) is 0 Å². The molecular formula is C37H35N5O3S. The summed E-state index contributed by atoms with van der Waals surface area (Å²) in [6.45, 7) is 2.45. The third kappa shape index (κ3) is 4.69. The Bertz CT molecular complexity index is 1970. The summed E-state index contributed by atoms with van der Waals surface area (Å²) in [5.74, 6) is 0.356. The summed E-state index contributed by atoms with van der Waals surface area (Å²) in [5, 5.41) is 7.66. The van der Waals surface area contributed by atoms with Gasteiger partial charge in [0.25, 0.3) is 0 Å². The Morgan fingerprint density at radius 1 is 0.870 bits per heavy atom. The molecule has 232 valence electrons. The van der Waals surface area contributed by atoms with Gasteiger partial charge in [-0.3, -0.25) is 0 Å². The van der Waals surface area contributed by atoms with Crippen molar-refractivity contribution < 1.29 is 13.7 Å². The molecule has 0 radical (unpaired) electrons. The fraction of sp³-hybridized carbons (Fsp3) is 0.243. The number of benzene rings is 4. The van der Waals surface area contributed by atoms with E-state index in [0.717, 1.165) is 54.5 Å². The van der Waals surface area contributed by atoms with E-state index >= 15 is 4.21 Å². The van der Waals surface area contributed by atoms with Gasteiger partial charge in [0.05, 0.1) is 12.7 Å².